The van der Waals surface area contributed by atoms with Gasteiger partial charge in [-0.3, -0.25) is 0 Å². The predicted molar refractivity (Wildman–Crippen MR) is 83.8 cm³/mol. The standard InChI is InChI=1S/C17H22FNO5/c1-23-16(21)14(8-12-7-13(18)15(20)9-12)19-17(22)24-10-11-5-3-2-4-6-11/h2-6,12-15,20H,7-10H2,1H3,(H,19,22)/t12-,13-,14?,15-/m1/s1. The third-order valence-electron chi connectivity index (χ3n) is 4.11. The molecule has 0 heterocycles. The van der Waals surface area contributed by atoms with E-state index in [0.717, 1.165) is 5.56 Å². The van der Waals surface area contributed by atoms with Crippen LogP contribution in [0.15, 0.2) is 30.3 Å². The summed E-state index contributed by atoms with van der Waals surface area (Å²) in [6, 6.07) is 8.20. The molecular formula is C17H22FNO5. The Hall–Kier alpha value is -2.15. The Morgan fingerprint density at radius 2 is 2.04 bits per heavy atom. The van der Waals surface area contributed by atoms with E-state index in [4.69, 9.17) is 4.74 Å². The number of esters is 1. The minimum absolute atomic E-state index is 0.0786. The highest BCUT2D eigenvalue weighted by atomic mass is 19.1. The summed E-state index contributed by atoms with van der Waals surface area (Å²) in [5.41, 5.74) is 0.821. The minimum Gasteiger partial charge on any atom is -0.467 e. The monoisotopic (exact) mass is 339 g/mol. The van der Waals surface area contributed by atoms with E-state index in [0.29, 0.717) is 0 Å². The molecule has 0 aromatic heterocycles. The maximum absolute atomic E-state index is 13.4. The van der Waals surface area contributed by atoms with Crippen molar-refractivity contribution in [1.29, 1.82) is 0 Å². The van der Waals surface area contributed by atoms with Gasteiger partial charge >= 0.3 is 12.1 Å². The zero-order chi connectivity index (χ0) is 17.5. The van der Waals surface area contributed by atoms with Crippen molar-refractivity contribution in [2.75, 3.05) is 7.11 Å². The number of rotatable bonds is 6. The number of alkyl halides is 1. The van der Waals surface area contributed by atoms with Gasteiger partial charge < -0.3 is 19.9 Å². The highest BCUT2D eigenvalue weighted by molar-refractivity contribution is 5.81. The number of amides is 1. The third kappa shape index (κ3) is 5.19. The molecule has 1 aliphatic carbocycles. The van der Waals surface area contributed by atoms with E-state index < -0.39 is 30.4 Å². The summed E-state index contributed by atoms with van der Waals surface area (Å²) >= 11 is 0. The molecule has 2 rings (SSSR count). The maximum Gasteiger partial charge on any atom is 0.408 e. The molecule has 0 bridgehead atoms. The number of nitrogens with one attached hydrogen (secondary N) is 1. The molecule has 1 aromatic carbocycles. The lowest BCUT2D eigenvalue weighted by molar-refractivity contribution is -0.143. The first-order valence-corrected chi connectivity index (χ1v) is 7.86. The van der Waals surface area contributed by atoms with Crippen LogP contribution in [0.5, 0.6) is 0 Å². The molecular weight excluding hydrogens is 317 g/mol. The first kappa shape index (κ1) is 18.2. The van der Waals surface area contributed by atoms with Gasteiger partial charge in [0.15, 0.2) is 0 Å². The highest BCUT2D eigenvalue weighted by Crippen LogP contribution is 2.31. The average molecular weight is 339 g/mol. The van der Waals surface area contributed by atoms with Gasteiger partial charge in [-0.1, -0.05) is 30.3 Å². The molecule has 1 aromatic rings. The molecule has 0 saturated heterocycles. The number of halogens is 1. The second kappa shape index (κ2) is 8.63. The van der Waals surface area contributed by atoms with E-state index in [2.05, 4.69) is 10.1 Å². The molecule has 4 atom stereocenters. The number of benzene rings is 1. The number of hydrogen-bond acceptors (Lipinski definition) is 5. The maximum atomic E-state index is 13.4. The van der Waals surface area contributed by atoms with Crippen LogP contribution in [0.3, 0.4) is 0 Å². The van der Waals surface area contributed by atoms with Gasteiger partial charge in [-0.15, -0.1) is 0 Å². The Morgan fingerprint density at radius 3 is 2.62 bits per heavy atom. The first-order chi connectivity index (χ1) is 11.5. The average Bonchev–Trinajstić information content (AvgIpc) is 2.90. The Balaban J connectivity index is 1.86. The molecule has 1 aliphatic rings. The number of alkyl carbamates (subject to hydrolysis) is 1. The normalized spacial score (nSPS) is 24.2. The van der Waals surface area contributed by atoms with Gasteiger partial charge in [0, 0.05) is 0 Å². The molecule has 1 unspecified atom stereocenters. The van der Waals surface area contributed by atoms with Gasteiger partial charge in [0.25, 0.3) is 0 Å². The van der Waals surface area contributed by atoms with Gasteiger partial charge in [-0.05, 0) is 30.7 Å². The number of methoxy groups -OCH3 is 1. The molecule has 1 saturated carbocycles. The van der Waals surface area contributed by atoms with Crippen molar-refractivity contribution in [1.82, 2.24) is 5.32 Å². The Morgan fingerprint density at radius 1 is 1.33 bits per heavy atom. The van der Waals surface area contributed by atoms with Crippen LogP contribution in [0.1, 0.15) is 24.8 Å². The van der Waals surface area contributed by atoms with Crippen LogP contribution in [-0.4, -0.2) is 42.6 Å². The molecule has 7 heteroatoms. The summed E-state index contributed by atoms with van der Waals surface area (Å²) < 4.78 is 23.1. The van der Waals surface area contributed by atoms with Gasteiger partial charge in [0.05, 0.1) is 13.2 Å². The molecule has 6 nitrogen and oxygen atoms in total. The molecule has 1 amide bonds. The van der Waals surface area contributed by atoms with E-state index in [9.17, 15) is 19.1 Å². The van der Waals surface area contributed by atoms with Crippen LogP contribution in [-0.2, 0) is 20.9 Å². The molecule has 0 radical (unpaired) electrons. The fourth-order valence-corrected chi connectivity index (χ4v) is 2.85. The van der Waals surface area contributed by atoms with Crippen molar-refractivity contribution >= 4 is 12.1 Å². The molecule has 0 aliphatic heterocycles. The summed E-state index contributed by atoms with van der Waals surface area (Å²) in [6.07, 6.45) is -2.43. The number of hydrogen-bond donors (Lipinski definition) is 2. The van der Waals surface area contributed by atoms with E-state index >= 15 is 0 Å². The van der Waals surface area contributed by atoms with Crippen LogP contribution in [0, 0.1) is 5.92 Å². The fraction of sp³-hybridized carbons (Fsp3) is 0.529. The predicted octanol–water partition coefficient (Wildman–Crippen LogP) is 1.95. The zero-order valence-corrected chi connectivity index (χ0v) is 13.5. The third-order valence-corrected chi connectivity index (χ3v) is 4.11. The first-order valence-electron chi connectivity index (χ1n) is 7.86. The molecule has 1 fully saturated rings. The van der Waals surface area contributed by atoms with Crippen LogP contribution < -0.4 is 5.32 Å². The lowest BCUT2D eigenvalue weighted by Gasteiger charge is -2.19. The lowest BCUT2D eigenvalue weighted by Crippen LogP contribution is -2.42. The molecule has 24 heavy (non-hydrogen) atoms. The number of carbonyl (C=O) groups is 2. The summed E-state index contributed by atoms with van der Waals surface area (Å²) in [5.74, 6) is -0.822. The number of aliphatic hydroxyl groups is 1. The smallest absolute Gasteiger partial charge is 0.408 e. The quantitative estimate of drug-likeness (QED) is 0.774. The van der Waals surface area contributed by atoms with Crippen LogP contribution in [0.4, 0.5) is 9.18 Å². The van der Waals surface area contributed by atoms with Crippen molar-refractivity contribution in [3.05, 3.63) is 35.9 Å². The summed E-state index contributed by atoms with van der Waals surface area (Å²) in [5, 5.41) is 11.9. The van der Waals surface area contributed by atoms with Crippen LogP contribution >= 0.6 is 0 Å². The second-order valence-corrected chi connectivity index (χ2v) is 5.94. The number of carbonyl (C=O) groups excluding carboxylic acids is 2. The summed E-state index contributed by atoms with van der Waals surface area (Å²) in [7, 11) is 1.22. The van der Waals surface area contributed by atoms with Crippen LogP contribution in [0.25, 0.3) is 0 Å². The van der Waals surface area contributed by atoms with Crippen molar-refractivity contribution < 1.29 is 28.6 Å². The molecule has 132 valence electrons. The van der Waals surface area contributed by atoms with Crippen molar-refractivity contribution in [3.63, 3.8) is 0 Å². The summed E-state index contributed by atoms with van der Waals surface area (Å²) in [6.45, 7) is 0.0786. The highest BCUT2D eigenvalue weighted by Gasteiger charge is 2.36. The van der Waals surface area contributed by atoms with E-state index in [1.54, 1.807) is 0 Å². The fourth-order valence-electron chi connectivity index (χ4n) is 2.85. The Kier molecular flexibility index (Phi) is 6.54. The Bertz CT molecular complexity index is 543. The van der Waals surface area contributed by atoms with Gasteiger partial charge in [-0.2, -0.15) is 0 Å². The van der Waals surface area contributed by atoms with Crippen molar-refractivity contribution in [3.8, 4) is 0 Å². The lowest BCUT2D eigenvalue weighted by atomic mass is 9.98. The van der Waals surface area contributed by atoms with Gasteiger partial charge in [0.1, 0.15) is 18.8 Å². The topological polar surface area (TPSA) is 84.9 Å². The van der Waals surface area contributed by atoms with Gasteiger partial charge in [-0.25, -0.2) is 14.0 Å². The SMILES string of the molecule is COC(=O)C(C[C@@H]1C[C@@H](O)[C@H](F)C1)NC(=O)OCc1ccccc1. The van der Waals surface area contributed by atoms with Crippen molar-refractivity contribution in [2.45, 2.75) is 44.2 Å². The number of aliphatic hydroxyl groups excluding tert-OH is 1. The van der Waals surface area contributed by atoms with E-state index in [1.165, 1.54) is 7.11 Å². The summed E-state index contributed by atoms with van der Waals surface area (Å²) in [4.78, 5) is 23.7. The van der Waals surface area contributed by atoms with Crippen molar-refractivity contribution in [2.24, 2.45) is 5.92 Å². The zero-order valence-electron chi connectivity index (χ0n) is 13.5. The second-order valence-electron chi connectivity index (χ2n) is 5.94. The van der Waals surface area contributed by atoms with E-state index in [-0.39, 0.29) is 31.8 Å². The molecule has 2 N–H and O–H groups in total. The van der Waals surface area contributed by atoms with Crippen LogP contribution in [0.2, 0.25) is 0 Å². The van der Waals surface area contributed by atoms with E-state index in [1.807, 2.05) is 30.3 Å². The minimum atomic E-state index is -1.29. The van der Waals surface area contributed by atoms with Gasteiger partial charge in [0.2, 0.25) is 0 Å². The number of ether oxygens (including phenoxy) is 2. The largest absolute Gasteiger partial charge is 0.467 e. The molecule has 0 spiro atoms. The Labute approximate surface area is 139 Å².